The third-order valence-corrected chi connectivity index (χ3v) is 9.35. The molecule has 2 aromatic rings. The van der Waals surface area contributed by atoms with E-state index in [1.54, 1.807) is 12.1 Å². The van der Waals surface area contributed by atoms with Crippen molar-refractivity contribution in [2.24, 2.45) is 11.8 Å². The summed E-state index contributed by atoms with van der Waals surface area (Å²) in [6, 6.07) is 14.6. The molecule has 4 rings (SSSR count). The molecule has 1 aliphatic carbocycles. The first kappa shape index (κ1) is 30.3. The van der Waals surface area contributed by atoms with E-state index in [2.05, 4.69) is 5.32 Å². The molecule has 2 fully saturated rings. The van der Waals surface area contributed by atoms with Crippen LogP contribution in [0.15, 0.2) is 59.5 Å². The van der Waals surface area contributed by atoms with Gasteiger partial charge in [-0.2, -0.15) is 4.31 Å². The van der Waals surface area contributed by atoms with E-state index in [0.717, 1.165) is 5.56 Å². The second-order valence-corrected chi connectivity index (χ2v) is 12.9. The molecule has 0 spiro atoms. The van der Waals surface area contributed by atoms with E-state index in [1.807, 2.05) is 44.2 Å². The number of benzene rings is 2. The monoisotopic (exact) mass is 576 g/mol. The molecule has 0 bridgehead atoms. The van der Waals surface area contributed by atoms with Gasteiger partial charge in [0.25, 0.3) is 0 Å². The minimum absolute atomic E-state index is 0.0129. The minimum Gasteiger partial charge on any atom is -0.497 e. The summed E-state index contributed by atoms with van der Waals surface area (Å²) in [5.41, 5.74) is 0.862. The molecule has 1 saturated carbocycles. The molecule has 2 aromatic carbocycles. The van der Waals surface area contributed by atoms with Crippen LogP contribution in [-0.4, -0.2) is 86.3 Å². The number of hydrogen-bond acceptors (Lipinski definition) is 8. The molecular formula is C29H40N2O8S. The first-order valence-electron chi connectivity index (χ1n) is 13.7. The number of carbonyl (C=O) groups excluding carboxylic acids is 1. The number of amides is 1. The van der Waals surface area contributed by atoms with E-state index in [1.165, 1.54) is 23.5 Å². The van der Waals surface area contributed by atoms with Gasteiger partial charge in [-0.05, 0) is 55.0 Å². The highest BCUT2D eigenvalue weighted by Crippen LogP contribution is 2.38. The zero-order chi connectivity index (χ0) is 28.9. The van der Waals surface area contributed by atoms with Gasteiger partial charge < -0.3 is 29.7 Å². The summed E-state index contributed by atoms with van der Waals surface area (Å²) in [6.07, 6.45) is -1.75. The molecule has 0 radical (unpaired) electrons. The molecular weight excluding hydrogens is 536 g/mol. The SMILES string of the molecule is COc1ccc(S(=O)(=O)N(CC(C)C)C[C@@H](O)[C@H](Cc2ccccc2)NC(=O)O[C@H]2CC[C@H]3OCC(O)[C@@H]23)cc1. The molecule has 220 valence electrons. The van der Waals surface area contributed by atoms with Crippen LogP contribution in [0.4, 0.5) is 4.79 Å². The van der Waals surface area contributed by atoms with E-state index in [-0.39, 0.29) is 49.0 Å². The number of alkyl carbamates (subject to hydrolysis) is 1. The van der Waals surface area contributed by atoms with Crippen molar-refractivity contribution < 1.29 is 37.6 Å². The topological polar surface area (TPSA) is 135 Å². The van der Waals surface area contributed by atoms with Crippen molar-refractivity contribution in [3.8, 4) is 5.75 Å². The molecule has 0 aromatic heterocycles. The number of hydrogen-bond donors (Lipinski definition) is 3. The van der Waals surface area contributed by atoms with E-state index in [0.29, 0.717) is 18.6 Å². The van der Waals surface area contributed by atoms with Crippen LogP contribution in [0.3, 0.4) is 0 Å². The maximum Gasteiger partial charge on any atom is 0.407 e. The Labute approximate surface area is 236 Å². The molecule has 1 aliphatic heterocycles. The lowest BCUT2D eigenvalue weighted by Crippen LogP contribution is -2.51. The predicted octanol–water partition coefficient (Wildman–Crippen LogP) is 2.58. The maximum absolute atomic E-state index is 13.6. The van der Waals surface area contributed by atoms with Gasteiger partial charge in [-0.15, -0.1) is 0 Å². The van der Waals surface area contributed by atoms with Crippen molar-refractivity contribution in [3.05, 3.63) is 60.2 Å². The van der Waals surface area contributed by atoms with Gasteiger partial charge in [0, 0.05) is 13.1 Å². The van der Waals surface area contributed by atoms with Gasteiger partial charge in [-0.25, -0.2) is 13.2 Å². The minimum atomic E-state index is -3.95. The zero-order valence-corrected chi connectivity index (χ0v) is 24.0. The fraction of sp³-hybridized carbons (Fsp3) is 0.552. The fourth-order valence-electron chi connectivity index (χ4n) is 5.50. The Kier molecular flexibility index (Phi) is 10.1. The number of nitrogens with zero attached hydrogens (tertiary/aromatic N) is 1. The van der Waals surface area contributed by atoms with Gasteiger partial charge in [0.05, 0.1) is 48.9 Å². The summed E-state index contributed by atoms with van der Waals surface area (Å²) in [6.45, 7) is 3.97. The van der Waals surface area contributed by atoms with E-state index in [9.17, 15) is 23.4 Å². The number of rotatable bonds is 12. The van der Waals surface area contributed by atoms with Crippen LogP contribution in [0.5, 0.6) is 5.75 Å². The van der Waals surface area contributed by atoms with Crippen LogP contribution in [0.2, 0.25) is 0 Å². The number of fused-ring (bicyclic) bond motifs is 1. The number of nitrogens with one attached hydrogen (secondary N) is 1. The second-order valence-electron chi connectivity index (χ2n) is 10.9. The van der Waals surface area contributed by atoms with Crippen LogP contribution in [0, 0.1) is 11.8 Å². The summed E-state index contributed by atoms with van der Waals surface area (Å²) in [7, 11) is -2.45. The quantitative estimate of drug-likeness (QED) is 0.351. The average Bonchev–Trinajstić information content (AvgIpc) is 3.50. The van der Waals surface area contributed by atoms with Gasteiger partial charge in [-0.1, -0.05) is 44.2 Å². The molecule has 1 unspecified atom stereocenters. The number of aliphatic hydroxyl groups is 2. The Hall–Kier alpha value is -2.70. The van der Waals surface area contributed by atoms with Crippen LogP contribution >= 0.6 is 0 Å². The summed E-state index contributed by atoms with van der Waals surface area (Å²) >= 11 is 0. The third-order valence-electron chi connectivity index (χ3n) is 7.50. The Balaban J connectivity index is 1.51. The lowest BCUT2D eigenvalue weighted by atomic mass is 10.00. The molecule has 6 atom stereocenters. The highest BCUT2D eigenvalue weighted by Gasteiger charge is 2.48. The van der Waals surface area contributed by atoms with Crippen molar-refractivity contribution in [3.63, 3.8) is 0 Å². The van der Waals surface area contributed by atoms with Crippen molar-refractivity contribution in [1.29, 1.82) is 0 Å². The molecule has 40 heavy (non-hydrogen) atoms. The van der Waals surface area contributed by atoms with Crippen LogP contribution < -0.4 is 10.1 Å². The van der Waals surface area contributed by atoms with Gasteiger partial charge in [0.15, 0.2) is 0 Å². The molecule has 1 amide bonds. The molecule has 1 saturated heterocycles. The molecule has 11 heteroatoms. The second kappa shape index (κ2) is 13.3. The summed E-state index contributed by atoms with van der Waals surface area (Å²) < 4.78 is 44.9. The average molecular weight is 577 g/mol. The van der Waals surface area contributed by atoms with Crippen LogP contribution in [0.1, 0.15) is 32.3 Å². The maximum atomic E-state index is 13.6. The fourth-order valence-corrected chi connectivity index (χ4v) is 7.12. The Morgan fingerprint density at radius 3 is 2.45 bits per heavy atom. The van der Waals surface area contributed by atoms with Crippen molar-refractivity contribution in [2.75, 3.05) is 26.8 Å². The summed E-state index contributed by atoms with van der Waals surface area (Å²) in [5, 5.41) is 24.4. The smallest absolute Gasteiger partial charge is 0.407 e. The number of ether oxygens (including phenoxy) is 3. The van der Waals surface area contributed by atoms with Gasteiger partial charge in [0.1, 0.15) is 11.9 Å². The predicted molar refractivity (Wildman–Crippen MR) is 148 cm³/mol. The normalized spacial score (nSPS) is 24.1. The first-order valence-corrected chi connectivity index (χ1v) is 15.2. The summed E-state index contributed by atoms with van der Waals surface area (Å²) in [5.74, 6) is 0.241. The highest BCUT2D eigenvalue weighted by atomic mass is 32.2. The Bertz CT molecular complexity index is 1210. The van der Waals surface area contributed by atoms with Crippen molar-refractivity contribution in [2.45, 2.75) is 68.5 Å². The van der Waals surface area contributed by atoms with Gasteiger partial charge in [0.2, 0.25) is 10.0 Å². The largest absolute Gasteiger partial charge is 0.497 e. The molecule has 2 aliphatic rings. The standard InChI is InChI=1S/C29H40N2O8S/c1-19(2)16-31(40(35,36)22-11-9-21(37-3)10-12-22)17-24(32)23(15-20-7-5-4-6-8-20)30-29(34)39-27-14-13-26-28(27)25(33)18-38-26/h4-12,19,23-28,32-33H,13-18H2,1-3H3,(H,30,34)/t23-,24+,25?,26+,27-,28+/m0/s1. The number of methoxy groups -OCH3 is 1. The summed E-state index contributed by atoms with van der Waals surface area (Å²) in [4.78, 5) is 13.1. The van der Waals surface area contributed by atoms with Crippen molar-refractivity contribution in [1.82, 2.24) is 9.62 Å². The van der Waals surface area contributed by atoms with Crippen LogP contribution in [0.25, 0.3) is 0 Å². The lowest BCUT2D eigenvalue weighted by molar-refractivity contribution is 0.0249. The van der Waals surface area contributed by atoms with Gasteiger partial charge in [-0.3, -0.25) is 0 Å². The Morgan fingerprint density at radius 2 is 1.80 bits per heavy atom. The Morgan fingerprint density at radius 1 is 1.10 bits per heavy atom. The van der Waals surface area contributed by atoms with Crippen molar-refractivity contribution >= 4 is 16.1 Å². The number of carbonyl (C=O) groups is 1. The number of sulfonamides is 1. The zero-order valence-electron chi connectivity index (χ0n) is 23.2. The number of aliphatic hydroxyl groups excluding tert-OH is 2. The molecule has 3 N–H and O–H groups in total. The van der Waals surface area contributed by atoms with E-state index in [4.69, 9.17) is 14.2 Å². The van der Waals surface area contributed by atoms with E-state index >= 15 is 0 Å². The highest BCUT2D eigenvalue weighted by molar-refractivity contribution is 7.89. The van der Waals surface area contributed by atoms with E-state index < -0.39 is 40.5 Å². The molecule has 1 heterocycles. The van der Waals surface area contributed by atoms with Gasteiger partial charge >= 0.3 is 6.09 Å². The first-order chi connectivity index (χ1) is 19.1. The lowest BCUT2D eigenvalue weighted by Gasteiger charge is -2.31. The third kappa shape index (κ3) is 7.32. The van der Waals surface area contributed by atoms with Crippen LogP contribution in [-0.2, 0) is 25.9 Å². The molecule has 10 nitrogen and oxygen atoms in total.